The second-order valence-electron chi connectivity index (χ2n) is 8.87. The first kappa shape index (κ1) is 20.5. The highest BCUT2D eigenvalue weighted by Crippen LogP contribution is 2.44. The molecule has 1 saturated heterocycles. The number of amides is 2. The molecular formula is C25H26N2O5. The van der Waals surface area contributed by atoms with E-state index in [0.717, 1.165) is 41.5 Å². The Morgan fingerprint density at radius 2 is 1.69 bits per heavy atom. The number of benzene rings is 2. The third-order valence-corrected chi connectivity index (χ3v) is 7.05. The van der Waals surface area contributed by atoms with E-state index in [2.05, 4.69) is 17.4 Å². The summed E-state index contributed by atoms with van der Waals surface area (Å²) in [6.45, 7) is 0.758. The van der Waals surface area contributed by atoms with Gasteiger partial charge in [0.1, 0.15) is 12.6 Å². The number of carboxylic acid groups (broad SMARTS) is 1. The van der Waals surface area contributed by atoms with Crippen LogP contribution in [0.2, 0.25) is 0 Å². The molecule has 32 heavy (non-hydrogen) atoms. The second-order valence-corrected chi connectivity index (χ2v) is 8.87. The predicted octanol–water partition coefficient (Wildman–Crippen LogP) is 3.38. The van der Waals surface area contributed by atoms with E-state index in [0.29, 0.717) is 12.5 Å². The van der Waals surface area contributed by atoms with Gasteiger partial charge in [-0.05, 0) is 41.0 Å². The van der Waals surface area contributed by atoms with E-state index in [-0.39, 0.29) is 24.5 Å². The first-order valence-corrected chi connectivity index (χ1v) is 11.2. The van der Waals surface area contributed by atoms with Crippen LogP contribution in [0, 0.1) is 5.92 Å². The molecule has 0 bridgehead atoms. The number of alkyl carbamates (subject to hydrolysis) is 1. The lowest BCUT2D eigenvalue weighted by atomic mass is 9.91. The molecule has 3 aliphatic rings. The van der Waals surface area contributed by atoms with Gasteiger partial charge < -0.3 is 20.1 Å². The molecule has 1 saturated carbocycles. The fourth-order valence-corrected chi connectivity index (χ4v) is 5.50. The third-order valence-electron chi connectivity index (χ3n) is 7.05. The van der Waals surface area contributed by atoms with E-state index in [4.69, 9.17) is 4.74 Å². The van der Waals surface area contributed by atoms with Crippen molar-refractivity contribution >= 4 is 18.0 Å². The van der Waals surface area contributed by atoms with Crippen molar-refractivity contribution in [2.24, 2.45) is 5.92 Å². The van der Waals surface area contributed by atoms with Crippen LogP contribution in [-0.4, -0.2) is 53.2 Å². The van der Waals surface area contributed by atoms with Gasteiger partial charge >= 0.3 is 12.1 Å². The van der Waals surface area contributed by atoms with Gasteiger partial charge in [0, 0.05) is 18.5 Å². The molecular weight excluding hydrogens is 408 g/mol. The lowest BCUT2D eigenvalue weighted by Gasteiger charge is -2.45. The van der Waals surface area contributed by atoms with E-state index in [9.17, 15) is 19.5 Å². The SMILES string of the molecule is O=C(O)CC(NC(=O)OCC1c2ccccc2-c2ccccc21)C(=O)N1CC2CCCC21. The van der Waals surface area contributed by atoms with Crippen LogP contribution in [0.15, 0.2) is 48.5 Å². The number of carboxylic acids is 1. The lowest BCUT2D eigenvalue weighted by Crippen LogP contribution is -2.61. The molecule has 2 aromatic rings. The summed E-state index contributed by atoms with van der Waals surface area (Å²) in [7, 11) is 0. The van der Waals surface area contributed by atoms with Gasteiger partial charge in [-0.15, -0.1) is 0 Å². The summed E-state index contributed by atoms with van der Waals surface area (Å²) in [6, 6.07) is 15.1. The highest BCUT2D eigenvalue weighted by Gasteiger charge is 2.46. The Labute approximate surface area is 186 Å². The maximum atomic E-state index is 12.9. The van der Waals surface area contributed by atoms with Crippen LogP contribution >= 0.6 is 0 Å². The monoisotopic (exact) mass is 434 g/mol. The normalized spacial score (nSPS) is 21.7. The Morgan fingerprint density at radius 1 is 1.03 bits per heavy atom. The van der Waals surface area contributed by atoms with Crippen molar-refractivity contribution < 1.29 is 24.2 Å². The van der Waals surface area contributed by atoms with E-state index >= 15 is 0 Å². The van der Waals surface area contributed by atoms with Crippen LogP contribution in [0.3, 0.4) is 0 Å². The minimum absolute atomic E-state index is 0.101. The van der Waals surface area contributed by atoms with Crippen molar-refractivity contribution in [2.75, 3.05) is 13.2 Å². The zero-order valence-electron chi connectivity index (χ0n) is 17.7. The maximum absolute atomic E-state index is 12.9. The number of ether oxygens (including phenoxy) is 1. The molecule has 2 amide bonds. The molecule has 0 aromatic heterocycles. The van der Waals surface area contributed by atoms with Crippen LogP contribution in [0.5, 0.6) is 0 Å². The van der Waals surface area contributed by atoms with Crippen molar-refractivity contribution in [2.45, 2.75) is 43.7 Å². The average molecular weight is 434 g/mol. The molecule has 7 heteroatoms. The molecule has 3 atom stereocenters. The molecule has 0 spiro atoms. The molecule has 0 radical (unpaired) electrons. The Hall–Kier alpha value is -3.35. The molecule has 1 heterocycles. The summed E-state index contributed by atoms with van der Waals surface area (Å²) in [6.07, 6.45) is 1.91. The smallest absolute Gasteiger partial charge is 0.407 e. The molecule has 7 nitrogen and oxygen atoms in total. The first-order chi connectivity index (χ1) is 15.5. The number of carbonyl (C=O) groups is 3. The van der Waals surface area contributed by atoms with E-state index in [1.807, 2.05) is 36.4 Å². The van der Waals surface area contributed by atoms with E-state index in [1.54, 1.807) is 4.90 Å². The summed E-state index contributed by atoms with van der Waals surface area (Å²) in [5.41, 5.74) is 4.43. The number of nitrogens with zero attached hydrogens (tertiary/aromatic N) is 1. The van der Waals surface area contributed by atoms with Gasteiger partial charge in [-0.25, -0.2) is 4.79 Å². The molecule has 1 aliphatic heterocycles. The summed E-state index contributed by atoms with van der Waals surface area (Å²) < 4.78 is 5.51. The van der Waals surface area contributed by atoms with Crippen LogP contribution in [-0.2, 0) is 14.3 Å². The number of hydrogen-bond acceptors (Lipinski definition) is 4. The summed E-state index contributed by atoms with van der Waals surface area (Å²) in [4.78, 5) is 38.5. The fraction of sp³-hybridized carbons (Fsp3) is 0.400. The van der Waals surface area contributed by atoms with Gasteiger partial charge in [-0.1, -0.05) is 55.0 Å². The number of nitrogens with one attached hydrogen (secondary N) is 1. The first-order valence-electron chi connectivity index (χ1n) is 11.2. The van der Waals surface area contributed by atoms with E-state index in [1.165, 1.54) is 0 Å². The van der Waals surface area contributed by atoms with Crippen LogP contribution < -0.4 is 5.32 Å². The van der Waals surface area contributed by atoms with Crippen molar-refractivity contribution in [3.8, 4) is 11.1 Å². The number of hydrogen-bond donors (Lipinski definition) is 2. The Balaban J connectivity index is 1.25. The highest BCUT2D eigenvalue weighted by molar-refractivity contribution is 5.90. The number of likely N-dealkylation sites (tertiary alicyclic amines) is 1. The predicted molar refractivity (Wildman–Crippen MR) is 117 cm³/mol. The van der Waals surface area contributed by atoms with Crippen LogP contribution in [0.1, 0.15) is 42.7 Å². The van der Waals surface area contributed by atoms with Gasteiger partial charge in [-0.2, -0.15) is 0 Å². The lowest BCUT2D eigenvalue weighted by molar-refractivity contribution is -0.148. The largest absolute Gasteiger partial charge is 0.481 e. The Kier molecular flexibility index (Phi) is 5.33. The van der Waals surface area contributed by atoms with Crippen molar-refractivity contribution in [1.82, 2.24) is 10.2 Å². The molecule has 2 aromatic carbocycles. The minimum atomic E-state index is -1.13. The Morgan fingerprint density at radius 3 is 2.31 bits per heavy atom. The molecule has 3 unspecified atom stereocenters. The maximum Gasteiger partial charge on any atom is 0.407 e. The second kappa shape index (κ2) is 8.30. The molecule has 2 N–H and O–H groups in total. The summed E-state index contributed by atoms with van der Waals surface area (Å²) in [5.74, 6) is -1.05. The number of aliphatic carboxylic acids is 1. The van der Waals surface area contributed by atoms with Crippen molar-refractivity contribution in [3.63, 3.8) is 0 Å². The van der Waals surface area contributed by atoms with Crippen molar-refractivity contribution in [1.29, 1.82) is 0 Å². The van der Waals surface area contributed by atoms with Crippen LogP contribution in [0.4, 0.5) is 4.79 Å². The third kappa shape index (κ3) is 3.61. The molecule has 2 aliphatic carbocycles. The van der Waals surface area contributed by atoms with Gasteiger partial charge in [0.05, 0.1) is 6.42 Å². The minimum Gasteiger partial charge on any atom is -0.481 e. The van der Waals surface area contributed by atoms with Crippen molar-refractivity contribution in [3.05, 3.63) is 59.7 Å². The van der Waals surface area contributed by atoms with Gasteiger partial charge in [0.15, 0.2) is 0 Å². The fourth-order valence-electron chi connectivity index (χ4n) is 5.50. The zero-order valence-corrected chi connectivity index (χ0v) is 17.7. The summed E-state index contributed by atoms with van der Waals surface area (Å²) in [5, 5.41) is 11.8. The Bertz CT molecular complexity index is 1020. The molecule has 166 valence electrons. The topological polar surface area (TPSA) is 95.9 Å². The van der Waals surface area contributed by atoms with Gasteiger partial charge in [0.2, 0.25) is 5.91 Å². The van der Waals surface area contributed by atoms with E-state index < -0.39 is 24.5 Å². The molecule has 5 rings (SSSR count). The summed E-state index contributed by atoms with van der Waals surface area (Å²) >= 11 is 0. The highest BCUT2D eigenvalue weighted by atomic mass is 16.5. The van der Waals surface area contributed by atoms with Gasteiger partial charge in [-0.3, -0.25) is 9.59 Å². The number of carbonyl (C=O) groups excluding carboxylic acids is 2. The zero-order chi connectivity index (χ0) is 22.2. The van der Waals surface area contributed by atoms with Crippen LogP contribution in [0.25, 0.3) is 11.1 Å². The number of rotatable bonds is 6. The number of fused-ring (bicyclic) bond motifs is 4. The van der Waals surface area contributed by atoms with Gasteiger partial charge in [0.25, 0.3) is 0 Å². The standard InChI is InChI=1S/C25H26N2O5/c28-23(29)12-21(24(30)27-13-15-6-5-11-22(15)27)26-25(31)32-14-20-18-9-3-1-7-16(18)17-8-2-4-10-19(17)20/h1-4,7-10,15,20-22H,5-6,11-14H2,(H,26,31)(H,28,29). The quantitative estimate of drug-likeness (QED) is 0.727. The average Bonchev–Trinajstić information content (AvgIpc) is 3.29. The molecule has 2 fully saturated rings.